The number of carbonyl (C=O) groups is 1. The van der Waals surface area contributed by atoms with E-state index in [4.69, 9.17) is 4.98 Å². The number of hydrogen-bond acceptors (Lipinski definition) is 3. The van der Waals surface area contributed by atoms with Crippen molar-refractivity contribution in [2.45, 2.75) is 13.5 Å². The maximum atomic E-state index is 12.5. The van der Waals surface area contributed by atoms with Gasteiger partial charge in [0.2, 0.25) is 0 Å². The molecule has 3 rings (SSSR count). The van der Waals surface area contributed by atoms with Crippen molar-refractivity contribution in [2.24, 2.45) is 0 Å². The van der Waals surface area contributed by atoms with Crippen molar-refractivity contribution in [3.05, 3.63) is 60.8 Å². The van der Waals surface area contributed by atoms with Crippen LogP contribution in [0.15, 0.2) is 55.3 Å². The molecule has 2 heterocycles. The SMILES string of the molecule is C=CCNC(=O)c1cc(-c2ccccc2)nc2c1cnn2CC. The van der Waals surface area contributed by atoms with Crippen molar-refractivity contribution < 1.29 is 4.79 Å². The predicted molar refractivity (Wildman–Crippen MR) is 91.2 cm³/mol. The Balaban J connectivity index is 2.19. The average Bonchev–Trinajstić information content (AvgIpc) is 3.02. The Hall–Kier alpha value is -2.95. The lowest BCUT2D eigenvalue weighted by atomic mass is 10.1. The van der Waals surface area contributed by atoms with Gasteiger partial charge in [-0.25, -0.2) is 9.67 Å². The number of aryl methyl sites for hydroxylation is 1. The van der Waals surface area contributed by atoms with Crippen molar-refractivity contribution in [1.29, 1.82) is 0 Å². The van der Waals surface area contributed by atoms with Crippen molar-refractivity contribution in [3.8, 4) is 11.3 Å². The highest BCUT2D eigenvalue weighted by molar-refractivity contribution is 6.06. The number of carbonyl (C=O) groups excluding carboxylic acids is 1. The number of aromatic nitrogens is 3. The van der Waals surface area contributed by atoms with Gasteiger partial charge in [0.25, 0.3) is 5.91 Å². The lowest BCUT2D eigenvalue weighted by molar-refractivity contribution is 0.0959. The smallest absolute Gasteiger partial charge is 0.252 e. The molecule has 0 bridgehead atoms. The molecule has 0 aliphatic heterocycles. The minimum atomic E-state index is -0.148. The Bertz CT molecular complexity index is 852. The summed E-state index contributed by atoms with van der Waals surface area (Å²) >= 11 is 0. The van der Waals surface area contributed by atoms with Crippen LogP contribution in [0.4, 0.5) is 0 Å². The average molecular weight is 306 g/mol. The van der Waals surface area contributed by atoms with Gasteiger partial charge in [0.1, 0.15) is 0 Å². The van der Waals surface area contributed by atoms with E-state index in [9.17, 15) is 4.79 Å². The molecule has 5 nitrogen and oxygen atoms in total. The van der Waals surface area contributed by atoms with Crippen molar-refractivity contribution in [2.75, 3.05) is 6.54 Å². The van der Waals surface area contributed by atoms with Crippen LogP contribution in [0.3, 0.4) is 0 Å². The number of fused-ring (bicyclic) bond motifs is 1. The number of nitrogens with zero attached hydrogens (tertiary/aromatic N) is 3. The van der Waals surface area contributed by atoms with E-state index in [0.717, 1.165) is 22.3 Å². The van der Waals surface area contributed by atoms with E-state index in [1.165, 1.54) is 0 Å². The minimum Gasteiger partial charge on any atom is -0.349 e. The highest BCUT2D eigenvalue weighted by atomic mass is 16.1. The lowest BCUT2D eigenvalue weighted by Crippen LogP contribution is -2.23. The molecular formula is C18H18N4O. The molecule has 3 aromatic rings. The van der Waals surface area contributed by atoms with Gasteiger partial charge >= 0.3 is 0 Å². The number of hydrogen-bond donors (Lipinski definition) is 1. The molecule has 5 heteroatoms. The molecule has 2 aromatic heterocycles. The summed E-state index contributed by atoms with van der Waals surface area (Å²) in [4.78, 5) is 17.2. The third kappa shape index (κ3) is 2.85. The topological polar surface area (TPSA) is 59.8 Å². The molecular weight excluding hydrogens is 288 g/mol. The molecule has 0 aliphatic carbocycles. The van der Waals surface area contributed by atoms with Crippen LogP contribution in [-0.4, -0.2) is 27.2 Å². The summed E-state index contributed by atoms with van der Waals surface area (Å²) in [6.07, 6.45) is 3.35. The van der Waals surface area contributed by atoms with Crippen LogP contribution in [-0.2, 0) is 6.54 Å². The van der Waals surface area contributed by atoms with Gasteiger partial charge in [0, 0.05) is 18.7 Å². The number of pyridine rings is 1. The number of amides is 1. The van der Waals surface area contributed by atoms with Crippen LogP contribution in [0.2, 0.25) is 0 Å². The van der Waals surface area contributed by atoms with Gasteiger partial charge in [0.05, 0.1) is 22.8 Å². The monoisotopic (exact) mass is 306 g/mol. The molecule has 0 fully saturated rings. The van der Waals surface area contributed by atoms with Gasteiger partial charge in [-0.15, -0.1) is 6.58 Å². The van der Waals surface area contributed by atoms with Gasteiger partial charge in [-0.2, -0.15) is 5.10 Å². The van der Waals surface area contributed by atoms with Crippen LogP contribution in [0.5, 0.6) is 0 Å². The highest BCUT2D eigenvalue weighted by Crippen LogP contribution is 2.24. The van der Waals surface area contributed by atoms with Crippen LogP contribution in [0.25, 0.3) is 22.3 Å². The van der Waals surface area contributed by atoms with Gasteiger partial charge in [-0.1, -0.05) is 36.4 Å². The Morgan fingerprint density at radius 3 is 2.83 bits per heavy atom. The summed E-state index contributed by atoms with van der Waals surface area (Å²) in [6.45, 7) is 6.75. The first-order valence-electron chi connectivity index (χ1n) is 7.55. The Labute approximate surface area is 134 Å². The van der Waals surface area contributed by atoms with E-state index in [1.54, 1.807) is 17.0 Å². The van der Waals surface area contributed by atoms with E-state index >= 15 is 0 Å². The zero-order chi connectivity index (χ0) is 16.2. The van der Waals surface area contributed by atoms with Crippen LogP contribution in [0, 0.1) is 0 Å². The standard InChI is InChI=1S/C18H18N4O/c1-3-10-19-18(23)14-11-16(13-8-6-5-7-9-13)21-17-15(14)12-20-22(17)4-2/h3,5-9,11-12H,1,4,10H2,2H3,(H,19,23). The predicted octanol–water partition coefficient (Wildman–Crippen LogP) is 3.03. The molecule has 0 saturated carbocycles. The van der Waals surface area contributed by atoms with E-state index in [-0.39, 0.29) is 5.91 Å². The first-order chi connectivity index (χ1) is 11.2. The summed E-state index contributed by atoms with van der Waals surface area (Å²) in [5, 5.41) is 7.91. The zero-order valence-electron chi connectivity index (χ0n) is 13.0. The van der Waals surface area contributed by atoms with Crippen molar-refractivity contribution in [3.63, 3.8) is 0 Å². The second kappa shape index (κ2) is 6.44. The van der Waals surface area contributed by atoms with Crippen molar-refractivity contribution in [1.82, 2.24) is 20.1 Å². The second-order valence-electron chi connectivity index (χ2n) is 5.12. The molecule has 0 saturated heterocycles. The molecule has 1 aromatic carbocycles. The van der Waals surface area contributed by atoms with Gasteiger partial charge in [0.15, 0.2) is 5.65 Å². The maximum Gasteiger partial charge on any atom is 0.252 e. The third-order valence-electron chi connectivity index (χ3n) is 3.63. The van der Waals surface area contributed by atoms with Gasteiger partial charge in [-0.05, 0) is 13.0 Å². The fourth-order valence-electron chi connectivity index (χ4n) is 2.48. The summed E-state index contributed by atoms with van der Waals surface area (Å²) in [5.74, 6) is -0.148. The Morgan fingerprint density at radius 2 is 2.13 bits per heavy atom. The molecule has 1 N–H and O–H groups in total. The van der Waals surface area contributed by atoms with E-state index in [1.807, 2.05) is 43.3 Å². The Morgan fingerprint density at radius 1 is 1.35 bits per heavy atom. The summed E-state index contributed by atoms with van der Waals surface area (Å²) in [5.41, 5.74) is 3.03. The highest BCUT2D eigenvalue weighted by Gasteiger charge is 2.16. The molecule has 23 heavy (non-hydrogen) atoms. The molecule has 0 atom stereocenters. The van der Waals surface area contributed by atoms with E-state index in [2.05, 4.69) is 17.0 Å². The normalized spacial score (nSPS) is 10.7. The number of nitrogens with one attached hydrogen (secondary N) is 1. The van der Waals surface area contributed by atoms with E-state index < -0.39 is 0 Å². The van der Waals surface area contributed by atoms with Gasteiger partial charge < -0.3 is 5.32 Å². The van der Waals surface area contributed by atoms with E-state index in [0.29, 0.717) is 18.7 Å². The molecule has 0 unspecified atom stereocenters. The molecule has 0 radical (unpaired) electrons. The van der Waals surface area contributed by atoms with Crippen LogP contribution < -0.4 is 5.32 Å². The van der Waals surface area contributed by atoms with Crippen LogP contribution in [0.1, 0.15) is 17.3 Å². The van der Waals surface area contributed by atoms with Gasteiger partial charge in [-0.3, -0.25) is 4.79 Å². The first-order valence-corrected chi connectivity index (χ1v) is 7.55. The largest absolute Gasteiger partial charge is 0.349 e. The van der Waals surface area contributed by atoms with Crippen LogP contribution >= 0.6 is 0 Å². The quantitative estimate of drug-likeness (QED) is 0.737. The minimum absolute atomic E-state index is 0.148. The summed E-state index contributed by atoms with van der Waals surface area (Å²) in [6, 6.07) is 11.6. The summed E-state index contributed by atoms with van der Waals surface area (Å²) < 4.78 is 1.80. The molecule has 1 amide bonds. The molecule has 0 aliphatic rings. The summed E-state index contributed by atoms with van der Waals surface area (Å²) in [7, 11) is 0. The maximum absolute atomic E-state index is 12.5. The first kappa shape index (κ1) is 15.0. The van der Waals surface area contributed by atoms with Crippen molar-refractivity contribution >= 4 is 16.9 Å². The Kier molecular flexibility index (Phi) is 4.19. The second-order valence-corrected chi connectivity index (χ2v) is 5.12. The molecule has 116 valence electrons. The fourth-order valence-corrected chi connectivity index (χ4v) is 2.48. The number of rotatable bonds is 5. The molecule has 0 spiro atoms. The number of benzene rings is 1. The fraction of sp³-hybridized carbons (Fsp3) is 0.167. The zero-order valence-corrected chi connectivity index (χ0v) is 13.0. The third-order valence-corrected chi connectivity index (χ3v) is 3.63. The lowest BCUT2D eigenvalue weighted by Gasteiger charge is -2.08.